The van der Waals surface area contributed by atoms with Gasteiger partial charge in [0, 0.05) is 0 Å². The van der Waals surface area contributed by atoms with Crippen molar-refractivity contribution in [1.29, 1.82) is 0 Å². The lowest BCUT2D eigenvalue weighted by molar-refractivity contribution is 0.103. The molecule has 9 heteroatoms. The van der Waals surface area contributed by atoms with E-state index in [2.05, 4.69) is 9.44 Å². The van der Waals surface area contributed by atoms with Gasteiger partial charge >= 0.3 is 0 Å². The Labute approximate surface area is 237 Å². The number of hydrogen-bond acceptors (Lipinski definition) is 5. The Balaban J connectivity index is 1.70. The number of aryl methyl sites for hydroxylation is 2. The third kappa shape index (κ3) is 7.87. The highest BCUT2D eigenvalue weighted by Gasteiger charge is 2.34. The van der Waals surface area contributed by atoms with E-state index < -0.39 is 38.2 Å². The van der Waals surface area contributed by atoms with E-state index in [9.17, 15) is 21.9 Å². The molecular weight excluding hydrogens is 544 g/mol. The van der Waals surface area contributed by atoms with Crippen LogP contribution in [-0.4, -0.2) is 40.1 Å². The third-order valence-electron chi connectivity index (χ3n) is 6.70. The van der Waals surface area contributed by atoms with Crippen LogP contribution in [0.4, 0.5) is 0 Å². The fourth-order valence-electron chi connectivity index (χ4n) is 4.45. The van der Waals surface area contributed by atoms with Crippen molar-refractivity contribution >= 4 is 20.0 Å². The SMILES string of the molecule is Cc1ccc(S(=O)(=O)N[C@@H](Cc2ccccc2)C(O)[C@@H](Cc2ccccc2)NS(=O)(=O)c2ccc(C)cc2)cc1. The third-order valence-corrected chi connectivity index (χ3v) is 9.71. The van der Waals surface area contributed by atoms with Crippen molar-refractivity contribution < 1.29 is 21.9 Å². The molecule has 1 unspecified atom stereocenters. The molecule has 0 aromatic heterocycles. The van der Waals surface area contributed by atoms with Gasteiger partial charge < -0.3 is 5.11 Å². The van der Waals surface area contributed by atoms with E-state index in [4.69, 9.17) is 0 Å². The van der Waals surface area contributed by atoms with Crippen LogP contribution in [0.5, 0.6) is 0 Å². The lowest BCUT2D eigenvalue weighted by Gasteiger charge is -2.31. The van der Waals surface area contributed by atoms with Gasteiger partial charge in [0.05, 0.1) is 28.0 Å². The van der Waals surface area contributed by atoms with Crippen molar-refractivity contribution in [1.82, 2.24) is 9.44 Å². The van der Waals surface area contributed by atoms with Crippen molar-refractivity contribution in [2.24, 2.45) is 0 Å². The predicted molar refractivity (Wildman–Crippen MR) is 157 cm³/mol. The van der Waals surface area contributed by atoms with Crippen molar-refractivity contribution in [3.8, 4) is 0 Å². The zero-order valence-corrected chi connectivity index (χ0v) is 24.1. The van der Waals surface area contributed by atoms with E-state index in [0.29, 0.717) is 0 Å². The molecule has 4 rings (SSSR count). The number of nitrogens with one attached hydrogen (secondary N) is 2. The Morgan fingerprint density at radius 3 is 1.20 bits per heavy atom. The first-order chi connectivity index (χ1) is 19.0. The standard InChI is InChI=1S/C31H34N2O5S2/c1-23-13-17-27(18-14-23)39(35,36)32-29(21-25-9-5-3-6-10-25)31(34)30(22-26-11-7-4-8-12-26)33-40(37,38)28-19-15-24(2)16-20-28/h3-20,29-34H,21-22H2,1-2H3/t29-,30+,31?. The highest BCUT2D eigenvalue weighted by atomic mass is 32.2. The second-order valence-corrected chi connectivity index (χ2v) is 13.4. The minimum atomic E-state index is -4.04. The summed E-state index contributed by atoms with van der Waals surface area (Å²) < 4.78 is 59.0. The molecule has 0 spiro atoms. The van der Waals surface area contributed by atoms with E-state index in [-0.39, 0.29) is 22.6 Å². The first-order valence-corrected chi connectivity index (χ1v) is 15.9. The van der Waals surface area contributed by atoms with Gasteiger partial charge in [0.1, 0.15) is 0 Å². The molecule has 0 aliphatic heterocycles. The topological polar surface area (TPSA) is 113 Å². The molecule has 0 aliphatic carbocycles. The van der Waals surface area contributed by atoms with E-state index in [1.54, 1.807) is 24.3 Å². The quantitative estimate of drug-likeness (QED) is 0.234. The second-order valence-electron chi connectivity index (χ2n) is 9.95. The average molecular weight is 579 g/mol. The maximum absolute atomic E-state index is 13.4. The Morgan fingerprint density at radius 1 is 0.550 bits per heavy atom. The molecule has 0 bridgehead atoms. The fourth-order valence-corrected chi connectivity index (χ4v) is 6.95. The molecule has 0 amide bonds. The zero-order chi connectivity index (χ0) is 28.8. The maximum Gasteiger partial charge on any atom is 0.240 e. The van der Waals surface area contributed by atoms with Crippen LogP contribution >= 0.6 is 0 Å². The number of sulfonamides is 2. The summed E-state index contributed by atoms with van der Waals surface area (Å²) in [4.78, 5) is 0.117. The summed E-state index contributed by atoms with van der Waals surface area (Å²) in [5.74, 6) is 0. The van der Waals surface area contributed by atoms with Gasteiger partial charge in [-0.3, -0.25) is 0 Å². The first kappa shape index (κ1) is 29.6. The lowest BCUT2D eigenvalue weighted by Crippen LogP contribution is -2.55. The van der Waals surface area contributed by atoms with Gasteiger partial charge in [-0.1, -0.05) is 96.1 Å². The summed E-state index contributed by atoms with van der Waals surface area (Å²) in [6.07, 6.45) is -1.13. The lowest BCUT2D eigenvalue weighted by atomic mass is 9.94. The van der Waals surface area contributed by atoms with Gasteiger partial charge in [0.15, 0.2) is 0 Å². The largest absolute Gasteiger partial charge is 0.390 e. The van der Waals surface area contributed by atoms with Crippen molar-refractivity contribution in [3.63, 3.8) is 0 Å². The summed E-state index contributed by atoms with van der Waals surface area (Å²) in [5, 5.41) is 11.7. The smallest absolute Gasteiger partial charge is 0.240 e. The van der Waals surface area contributed by atoms with E-state index in [1.165, 1.54) is 24.3 Å². The van der Waals surface area contributed by atoms with Crippen LogP contribution in [0.15, 0.2) is 119 Å². The van der Waals surface area contributed by atoms with Crippen LogP contribution in [0.1, 0.15) is 22.3 Å². The van der Waals surface area contributed by atoms with Gasteiger partial charge in [-0.25, -0.2) is 26.3 Å². The molecule has 0 radical (unpaired) electrons. The summed E-state index contributed by atoms with van der Waals surface area (Å²) in [6, 6.07) is 29.1. The summed E-state index contributed by atoms with van der Waals surface area (Å²) in [7, 11) is -8.07. The molecule has 3 atom stereocenters. The van der Waals surface area contributed by atoms with Crippen LogP contribution in [0.3, 0.4) is 0 Å². The number of rotatable bonds is 12. The molecule has 3 N–H and O–H groups in total. The van der Waals surface area contributed by atoms with Crippen LogP contribution in [0.25, 0.3) is 0 Å². The molecule has 0 heterocycles. The zero-order valence-electron chi connectivity index (χ0n) is 22.4. The maximum atomic E-state index is 13.4. The molecular formula is C31H34N2O5S2. The molecule has 7 nitrogen and oxygen atoms in total. The first-order valence-electron chi connectivity index (χ1n) is 13.0. The summed E-state index contributed by atoms with van der Waals surface area (Å²) >= 11 is 0. The van der Waals surface area contributed by atoms with Gasteiger partial charge in [0.25, 0.3) is 0 Å². The Morgan fingerprint density at radius 2 is 0.875 bits per heavy atom. The van der Waals surface area contributed by atoms with Crippen LogP contribution in [0, 0.1) is 13.8 Å². The van der Waals surface area contributed by atoms with Crippen LogP contribution < -0.4 is 9.44 Å². The molecule has 4 aromatic carbocycles. The molecule has 40 heavy (non-hydrogen) atoms. The summed E-state index contributed by atoms with van der Waals surface area (Å²) in [5.41, 5.74) is 3.40. The Bertz CT molecular complexity index is 1470. The van der Waals surface area contributed by atoms with Crippen LogP contribution in [0.2, 0.25) is 0 Å². The Hall–Kier alpha value is -3.34. The second kappa shape index (κ2) is 12.9. The van der Waals surface area contributed by atoms with Crippen molar-refractivity contribution in [2.75, 3.05) is 0 Å². The number of aliphatic hydroxyl groups excluding tert-OH is 1. The highest BCUT2D eigenvalue weighted by molar-refractivity contribution is 7.89. The molecule has 0 saturated carbocycles. The number of aliphatic hydroxyl groups is 1. The van der Waals surface area contributed by atoms with Crippen molar-refractivity contribution in [2.45, 2.75) is 54.7 Å². The minimum absolute atomic E-state index is 0.0585. The molecule has 210 valence electrons. The van der Waals surface area contributed by atoms with Crippen molar-refractivity contribution in [3.05, 3.63) is 131 Å². The van der Waals surface area contributed by atoms with Gasteiger partial charge in [0.2, 0.25) is 20.0 Å². The summed E-state index contributed by atoms with van der Waals surface area (Å²) in [6.45, 7) is 3.72. The Kier molecular flexibility index (Phi) is 9.55. The fraction of sp³-hybridized carbons (Fsp3) is 0.226. The average Bonchev–Trinajstić information content (AvgIpc) is 2.93. The van der Waals surface area contributed by atoms with E-state index in [1.807, 2.05) is 74.5 Å². The minimum Gasteiger partial charge on any atom is -0.390 e. The molecule has 0 aliphatic rings. The van der Waals surface area contributed by atoms with Crippen LogP contribution in [-0.2, 0) is 32.9 Å². The van der Waals surface area contributed by atoms with Gasteiger partial charge in [-0.05, 0) is 62.1 Å². The van der Waals surface area contributed by atoms with E-state index in [0.717, 1.165) is 22.3 Å². The molecule has 0 fully saturated rings. The van der Waals surface area contributed by atoms with E-state index >= 15 is 0 Å². The van der Waals surface area contributed by atoms with Gasteiger partial charge in [-0.2, -0.15) is 0 Å². The molecule has 4 aromatic rings. The predicted octanol–water partition coefficient (Wildman–Crippen LogP) is 4.14. The van der Waals surface area contributed by atoms with Gasteiger partial charge in [-0.15, -0.1) is 0 Å². The monoisotopic (exact) mass is 578 g/mol. The number of benzene rings is 4. The highest BCUT2D eigenvalue weighted by Crippen LogP contribution is 2.19. The normalized spacial score (nSPS) is 14.4. The molecule has 0 saturated heterocycles. The number of hydrogen-bond donors (Lipinski definition) is 3.